The molecule has 2 heteroatoms. The van der Waals surface area contributed by atoms with Gasteiger partial charge in [-0.3, -0.25) is 0 Å². The zero-order valence-electron chi connectivity index (χ0n) is 11.1. The van der Waals surface area contributed by atoms with Gasteiger partial charge in [0.2, 0.25) is 0 Å². The quantitative estimate of drug-likeness (QED) is 0.701. The molecule has 0 aliphatic heterocycles. The predicted molar refractivity (Wildman–Crippen MR) is 69.7 cm³/mol. The topological polar surface area (TPSA) is 21.3 Å². The molecular weight excluding hydrogens is 198 g/mol. The predicted octanol–water partition coefficient (Wildman–Crippen LogP) is 3.14. The molecule has 3 unspecified atom stereocenters. The van der Waals surface area contributed by atoms with E-state index in [1.807, 2.05) is 13.1 Å². The van der Waals surface area contributed by atoms with Crippen molar-refractivity contribution >= 4 is 0 Å². The van der Waals surface area contributed by atoms with E-state index in [1.165, 1.54) is 25.7 Å². The van der Waals surface area contributed by atoms with Gasteiger partial charge in [0.05, 0.1) is 5.60 Å². The lowest BCUT2D eigenvalue weighted by Gasteiger charge is -2.45. The van der Waals surface area contributed by atoms with Crippen LogP contribution in [0, 0.1) is 5.92 Å². The van der Waals surface area contributed by atoms with Gasteiger partial charge in [0.25, 0.3) is 0 Å². The van der Waals surface area contributed by atoms with Crippen LogP contribution in [0.25, 0.3) is 0 Å². The van der Waals surface area contributed by atoms with Crippen molar-refractivity contribution in [2.45, 2.75) is 57.6 Å². The number of ether oxygens (including phenoxy) is 1. The molecule has 1 aliphatic rings. The van der Waals surface area contributed by atoms with Crippen LogP contribution in [-0.2, 0) is 4.74 Å². The van der Waals surface area contributed by atoms with Crippen LogP contribution in [0.5, 0.6) is 0 Å². The molecule has 0 aromatic heterocycles. The van der Waals surface area contributed by atoms with E-state index in [0.717, 1.165) is 18.9 Å². The minimum absolute atomic E-state index is 0.0371. The summed E-state index contributed by atoms with van der Waals surface area (Å²) in [7, 11) is 2.04. The van der Waals surface area contributed by atoms with Gasteiger partial charge in [-0.15, -0.1) is 6.58 Å². The van der Waals surface area contributed by atoms with Crippen molar-refractivity contribution in [2.24, 2.45) is 5.92 Å². The highest BCUT2D eigenvalue weighted by molar-refractivity contribution is 4.99. The van der Waals surface area contributed by atoms with Crippen molar-refractivity contribution in [1.29, 1.82) is 0 Å². The third-order valence-electron chi connectivity index (χ3n) is 3.81. The third kappa shape index (κ3) is 3.08. The van der Waals surface area contributed by atoms with Gasteiger partial charge in [-0.2, -0.15) is 0 Å². The minimum atomic E-state index is 0.0371. The second-order valence-electron chi connectivity index (χ2n) is 5.06. The third-order valence-corrected chi connectivity index (χ3v) is 3.81. The average Bonchev–Trinajstić information content (AvgIpc) is 2.26. The normalized spacial score (nSPS) is 32.3. The Bertz CT molecular complexity index is 213. The molecule has 0 amide bonds. The van der Waals surface area contributed by atoms with Gasteiger partial charge in [0.15, 0.2) is 0 Å². The Morgan fingerprint density at radius 2 is 2.38 bits per heavy atom. The molecule has 94 valence electrons. The van der Waals surface area contributed by atoms with Crippen molar-refractivity contribution in [2.75, 3.05) is 13.7 Å². The first-order valence-corrected chi connectivity index (χ1v) is 6.60. The highest BCUT2D eigenvalue weighted by Gasteiger charge is 2.41. The van der Waals surface area contributed by atoms with Crippen LogP contribution in [0.1, 0.15) is 46.0 Å². The molecule has 1 saturated carbocycles. The number of rotatable bonds is 6. The fourth-order valence-electron chi connectivity index (χ4n) is 3.14. The van der Waals surface area contributed by atoms with Crippen molar-refractivity contribution in [1.82, 2.24) is 5.32 Å². The standard InChI is InChI=1S/C14H27NO/c1-5-8-13(15-4)14(16-6-2)10-7-9-12(3)11-14/h5,12-13,15H,1,6-11H2,2-4H3. The van der Waals surface area contributed by atoms with E-state index in [2.05, 4.69) is 25.7 Å². The summed E-state index contributed by atoms with van der Waals surface area (Å²) in [6, 6.07) is 0.410. The van der Waals surface area contributed by atoms with Crippen LogP contribution in [0.3, 0.4) is 0 Å². The molecule has 1 rings (SSSR count). The molecule has 1 N–H and O–H groups in total. The summed E-state index contributed by atoms with van der Waals surface area (Å²) in [5.41, 5.74) is 0.0371. The molecule has 1 aliphatic carbocycles. The minimum Gasteiger partial charge on any atom is -0.374 e. The summed E-state index contributed by atoms with van der Waals surface area (Å²) in [6.07, 6.45) is 7.99. The number of hydrogen-bond donors (Lipinski definition) is 1. The molecule has 2 nitrogen and oxygen atoms in total. The first-order valence-electron chi connectivity index (χ1n) is 6.60. The first-order chi connectivity index (χ1) is 7.68. The molecule has 0 aromatic carbocycles. The first kappa shape index (κ1) is 13.7. The lowest BCUT2D eigenvalue weighted by molar-refractivity contribution is -0.0983. The van der Waals surface area contributed by atoms with Gasteiger partial charge in [0.1, 0.15) is 0 Å². The van der Waals surface area contributed by atoms with Gasteiger partial charge in [-0.25, -0.2) is 0 Å². The Hall–Kier alpha value is -0.340. The number of nitrogens with one attached hydrogen (secondary N) is 1. The van der Waals surface area contributed by atoms with Gasteiger partial charge in [-0.05, 0) is 39.2 Å². The van der Waals surface area contributed by atoms with Crippen LogP contribution in [0.4, 0.5) is 0 Å². The van der Waals surface area contributed by atoms with Crippen LogP contribution >= 0.6 is 0 Å². The van der Waals surface area contributed by atoms with E-state index in [4.69, 9.17) is 4.74 Å². The van der Waals surface area contributed by atoms with E-state index < -0.39 is 0 Å². The lowest BCUT2D eigenvalue weighted by Crippen LogP contribution is -2.53. The van der Waals surface area contributed by atoms with Gasteiger partial charge < -0.3 is 10.1 Å². The van der Waals surface area contributed by atoms with Gasteiger partial charge in [0, 0.05) is 12.6 Å². The monoisotopic (exact) mass is 225 g/mol. The molecule has 0 aromatic rings. The second-order valence-corrected chi connectivity index (χ2v) is 5.06. The molecule has 1 fully saturated rings. The molecule has 0 spiro atoms. The van der Waals surface area contributed by atoms with Crippen LogP contribution < -0.4 is 5.32 Å². The molecular formula is C14H27NO. The largest absolute Gasteiger partial charge is 0.374 e. The molecule has 0 saturated heterocycles. The van der Waals surface area contributed by atoms with Gasteiger partial charge in [-0.1, -0.05) is 25.8 Å². The maximum atomic E-state index is 6.14. The number of hydrogen-bond acceptors (Lipinski definition) is 2. The summed E-state index contributed by atoms with van der Waals surface area (Å²) in [5.74, 6) is 0.779. The van der Waals surface area contributed by atoms with E-state index in [-0.39, 0.29) is 5.60 Å². The Morgan fingerprint density at radius 3 is 2.88 bits per heavy atom. The Labute approximate surface area is 100 Å². The molecule has 3 atom stereocenters. The van der Waals surface area contributed by atoms with E-state index in [9.17, 15) is 0 Å². The average molecular weight is 225 g/mol. The molecule has 0 radical (unpaired) electrons. The maximum Gasteiger partial charge on any atom is 0.0840 e. The highest BCUT2D eigenvalue weighted by atomic mass is 16.5. The lowest BCUT2D eigenvalue weighted by atomic mass is 9.73. The second kappa shape index (κ2) is 6.41. The number of likely N-dealkylation sites (N-methyl/N-ethyl adjacent to an activating group) is 1. The smallest absolute Gasteiger partial charge is 0.0840 e. The van der Waals surface area contributed by atoms with E-state index in [0.29, 0.717) is 6.04 Å². The van der Waals surface area contributed by atoms with Gasteiger partial charge >= 0.3 is 0 Å². The summed E-state index contributed by atoms with van der Waals surface area (Å²) in [5, 5.41) is 3.42. The fourth-order valence-corrected chi connectivity index (χ4v) is 3.14. The highest BCUT2D eigenvalue weighted by Crippen LogP contribution is 2.38. The molecule has 0 heterocycles. The Morgan fingerprint density at radius 1 is 1.62 bits per heavy atom. The van der Waals surface area contributed by atoms with Crippen LogP contribution in [0.15, 0.2) is 12.7 Å². The summed E-state index contributed by atoms with van der Waals surface area (Å²) in [6.45, 7) is 9.11. The van der Waals surface area contributed by atoms with E-state index in [1.54, 1.807) is 0 Å². The van der Waals surface area contributed by atoms with Crippen molar-refractivity contribution in [3.8, 4) is 0 Å². The Kier molecular flexibility index (Phi) is 5.50. The molecule has 0 bridgehead atoms. The SMILES string of the molecule is C=CCC(NC)C1(OCC)CCCC(C)C1. The Balaban J connectivity index is 2.79. The molecule has 16 heavy (non-hydrogen) atoms. The zero-order valence-corrected chi connectivity index (χ0v) is 11.1. The summed E-state index contributed by atoms with van der Waals surface area (Å²) >= 11 is 0. The van der Waals surface area contributed by atoms with Crippen molar-refractivity contribution < 1.29 is 4.74 Å². The zero-order chi connectivity index (χ0) is 12.0. The maximum absolute atomic E-state index is 6.14. The van der Waals surface area contributed by atoms with E-state index >= 15 is 0 Å². The van der Waals surface area contributed by atoms with Crippen molar-refractivity contribution in [3.63, 3.8) is 0 Å². The van der Waals surface area contributed by atoms with Crippen LogP contribution in [0.2, 0.25) is 0 Å². The van der Waals surface area contributed by atoms with Crippen LogP contribution in [-0.4, -0.2) is 25.3 Å². The van der Waals surface area contributed by atoms with Crippen molar-refractivity contribution in [3.05, 3.63) is 12.7 Å². The fraction of sp³-hybridized carbons (Fsp3) is 0.857. The summed E-state index contributed by atoms with van der Waals surface area (Å²) in [4.78, 5) is 0. The summed E-state index contributed by atoms with van der Waals surface area (Å²) < 4.78 is 6.14.